The Balaban J connectivity index is 1.57. The van der Waals surface area contributed by atoms with E-state index in [1.807, 2.05) is 51.9 Å². The second kappa shape index (κ2) is 7.12. The molecule has 5 heteroatoms. The highest BCUT2D eigenvalue weighted by Gasteiger charge is 2.30. The summed E-state index contributed by atoms with van der Waals surface area (Å²) in [7, 11) is 0. The van der Waals surface area contributed by atoms with Gasteiger partial charge in [0.25, 0.3) is 5.91 Å². The normalized spacial score (nSPS) is 14.8. The van der Waals surface area contributed by atoms with Gasteiger partial charge < -0.3 is 4.90 Å². The predicted molar refractivity (Wildman–Crippen MR) is 100.0 cm³/mol. The van der Waals surface area contributed by atoms with E-state index in [1.165, 1.54) is 18.4 Å². The van der Waals surface area contributed by atoms with Gasteiger partial charge >= 0.3 is 0 Å². The maximum absolute atomic E-state index is 13.2. The van der Waals surface area contributed by atoms with Crippen LogP contribution in [0.1, 0.15) is 41.7 Å². The van der Waals surface area contributed by atoms with Crippen molar-refractivity contribution in [2.45, 2.75) is 25.8 Å². The zero-order valence-corrected chi connectivity index (χ0v) is 14.8. The summed E-state index contributed by atoms with van der Waals surface area (Å²) >= 11 is 0. The standard InChI is InChI=1S/C21H22N4O/c1-16(18-5-3-2-4-6-18)25(13-17-7-8-17)21(26)19-9-11-20(12-10-19)24-14-22-23-15-24/h2-6,9-12,14-17H,7-8,13H2,1H3/t16-/m0/s1. The van der Waals surface area contributed by atoms with Crippen LogP contribution in [0.5, 0.6) is 0 Å². The minimum absolute atomic E-state index is 0.0572. The summed E-state index contributed by atoms with van der Waals surface area (Å²) in [5.41, 5.74) is 2.82. The fourth-order valence-corrected chi connectivity index (χ4v) is 3.18. The number of hydrogen-bond donors (Lipinski definition) is 0. The first-order valence-corrected chi connectivity index (χ1v) is 9.03. The molecule has 2 aromatic carbocycles. The Morgan fingerprint density at radius 1 is 1.08 bits per heavy atom. The Labute approximate surface area is 153 Å². The van der Waals surface area contributed by atoms with Crippen LogP contribution in [0, 0.1) is 5.92 Å². The molecule has 1 amide bonds. The monoisotopic (exact) mass is 346 g/mol. The van der Waals surface area contributed by atoms with Gasteiger partial charge in [-0.25, -0.2) is 0 Å². The third-order valence-electron chi connectivity index (χ3n) is 4.99. The molecule has 1 atom stereocenters. The number of hydrogen-bond acceptors (Lipinski definition) is 3. The smallest absolute Gasteiger partial charge is 0.254 e. The van der Waals surface area contributed by atoms with E-state index < -0.39 is 0 Å². The number of aromatic nitrogens is 3. The van der Waals surface area contributed by atoms with Gasteiger partial charge in [-0.15, -0.1) is 10.2 Å². The van der Waals surface area contributed by atoms with Crippen molar-refractivity contribution in [2.24, 2.45) is 5.92 Å². The first-order chi connectivity index (χ1) is 12.7. The highest BCUT2D eigenvalue weighted by molar-refractivity contribution is 5.94. The van der Waals surface area contributed by atoms with E-state index in [0.717, 1.165) is 12.2 Å². The van der Waals surface area contributed by atoms with E-state index in [9.17, 15) is 4.79 Å². The van der Waals surface area contributed by atoms with Crippen LogP contribution in [-0.2, 0) is 0 Å². The van der Waals surface area contributed by atoms with Crippen LogP contribution in [0.15, 0.2) is 67.3 Å². The molecule has 1 saturated carbocycles. The number of carbonyl (C=O) groups excluding carboxylic acids is 1. The molecule has 0 saturated heterocycles. The van der Waals surface area contributed by atoms with Crippen molar-refractivity contribution in [3.05, 3.63) is 78.4 Å². The number of benzene rings is 2. The molecule has 4 rings (SSSR count). The molecule has 0 bridgehead atoms. The molecule has 3 aromatic rings. The quantitative estimate of drug-likeness (QED) is 0.680. The average Bonchev–Trinajstić information content (AvgIpc) is 3.35. The molecule has 0 N–H and O–H groups in total. The molecule has 26 heavy (non-hydrogen) atoms. The van der Waals surface area contributed by atoms with Gasteiger partial charge in [-0.3, -0.25) is 9.36 Å². The first kappa shape index (κ1) is 16.5. The van der Waals surface area contributed by atoms with Crippen molar-refractivity contribution >= 4 is 5.91 Å². The van der Waals surface area contributed by atoms with Crippen LogP contribution in [0.25, 0.3) is 5.69 Å². The topological polar surface area (TPSA) is 51.0 Å². The number of nitrogens with zero attached hydrogens (tertiary/aromatic N) is 4. The van der Waals surface area contributed by atoms with E-state index in [2.05, 4.69) is 29.3 Å². The van der Waals surface area contributed by atoms with Gasteiger partial charge in [-0.05, 0) is 55.5 Å². The minimum atomic E-state index is 0.0572. The Hall–Kier alpha value is -2.95. The molecule has 1 aliphatic rings. The molecule has 0 aliphatic heterocycles. The Morgan fingerprint density at radius 2 is 1.73 bits per heavy atom. The van der Waals surface area contributed by atoms with Crippen molar-refractivity contribution in [1.82, 2.24) is 19.7 Å². The van der Waals surface area contributed by atoms with E-state index in [1.54, 1.807) is 12.7 Å². The summed E-state index contributed by atoms with van der Waals surface area (Å²) in [4.78, 5) is 15.2. The van der Waals surface area contributed by atoms with Gasteiger partial charge in [0.1, 0.15) is 12.7 Å². The van der Waals surface area contributed by atoms with Crippen LogP contribution in [0.3, 0.4) is 0 Å². The van der Waals surface area contributed by atoms with Crippen molar-refractivity contribution in [3.8, 4) is 5.69 Å². The number of amides is 1. The van der Waals surface area contributed by atoms with Gasteiger partial charge in [0.2, 0.25) is 0 Å². The summed E-state index contributed by atoms with van der Waals surface area (Å²) in [6.07, 6.45) is 5.73. The van der Waals surface area contributed by atoms with E-state index in [0.29, 0.717) is 11.5 Å². The third-order valence-corrected chi connectivity index (χ3v) is 4.99. The Kier molecular flexibility index (Phi) is 4.52. The van der Waals surface area contributed by atoms with Gasteiger partial charge in [-0.2, -0.15) is 0 Å². The maximum Gasteiger partial charge on any atom is 0.254 e. The fraction of sp³-hybridized carbons (Fsp3) is 0.286. The summed E-state index contributed by atoms with van der Waals surface area (Å²) in [6, 6.07) is 17.9. The van der Waals surface area contributed by atoms with Crippen molar-refractivity contribution in [3.63, 3.8) is 0 Å². The SMILES string of the molecule is C[C@@H](c1ccccc1)N(CC1CC1)C(=O)c1ccc(-n2cnnc2)cc1. The predicted octanol–water partition coefficient (Wildman–Crippen LogP) is 3.88. The maximum atomic E-state index is 13.2. The van der Waals surface area contributed by atoms with Crippen molar-refractivity contribution in [1.29, 1.82) is 0 Å². The molecule has 0 unspecified atom stereocenters. The summed E-state index contributed by atoms with van der Waals surface area (Å²) in [5, 5.41) is 7.64. The largest absolute Gasteiger partial charge is 0.332 e. The molecule has 1 fully saturated rings. The van der Waals surface area contributed by atoms with Crippen molar-refractivity contribution < 1.29 is 4.79 Å². The second-order valence-corrected chi connectivity index (χ2v) is 6.90. The van der Waals surface area contributed by atoms with E-state index in [4.69, 9.17) is 0 Å². The van der Waals surface area contributed by atoms with E-state index >= 15 is 0 Å². The molecule has 1 aliphatic carbocycles. The summed E-state index contributed by atoms with van der Waals surface area (Å²) in [6.45, 7) is 2.93. The Bertz CT molecular complexity index is 855. The molecule has 132 valence electrons. The number of rotatable bonds is 6. The zero-order chi connectivity index (χ0) is 17.9. The molecule has 1 heterocycles. The van der Waals surface area contributed by atoms with Gasteiger partial charge in [0, 0.05) is 17.8 Å². The zero-order valence-electron chi connectivity index (χ0n) is 14.8. The number of carbonyl (C=O) groups is 1. The molecule has 0 spiro atoms. The van der Waals surface area contributed by atoms with E-state index in [-0.39, 0.29) is 11.9 Å². The molecular formula is C21H22N4O. The molecule has 5 nitrogen and oxygen atoms in total. The highest BCUT2D eigenvalue weighted by atomic mass is 16.2. The van der Waals surface area contributed by atoms with Crippen LogP contribution in [-0.4, -0.2) is 32.1 Å². The molecule has 0 radical (unpaired) electrons. The fourth-order valence-electron chi connectivity index (χ4n) is 3.18. The van der Waals surface area contributed by atoms with Crippen LogP contribution >= 0.6 is 0 Å². The van der Waals surface area contributed by atoms with Crippen molar-refractivity contribution in [2.75, 3.05) is 6.54 Å². The van der Waals surface area contributed by atoms with Crippen LogP contribution in [0.2, 0.25) is 0 Å². The lowest BCUT2D eigenvalue weighted by molar-refractivity contribution is 0.0680. The highest BCUT2D eigenvalue weighted by Crippen LogP contribution is 2.33. The Morgan fingerprint density at radius 3 is 2.35 bits per heavy atom. The second-order valence-electron chi connectivity index (χ2n) is 6.90. The average molecular weight is 346 g/mol. The van der Waals surface area contributed by atoms with Gasteiger partial charge in [0.05, 0.1) is 6.04 Å². The van der Waals surface area contributed by atoms with Crippen LogP contribution in [0.4, 0.5) is 0 Å². The van der Waals surface area contributed by atoms with Gasteiger partial charge in [0.15, 0.2) is 0 Å². The lowest BCUT2D eigenvalue weighted by Crippen LogP contribution is -2.35. The first-order valence-electron chi connectivity index (χ1n) is 9.03. The minimum Gasteiger partial charge on any atom is -0.332 e. The third kappa shape index (κ3) is 3.52. The molecule has 1 aromatic heterocycles. The summed E-state index contributed by atoms with van der Waals surface area (Å²) in [5.74, 6) is 0.727. The lowest BCUT2D eigenvalue weighted by Gasteiger charge is -2.30. The molecular weight excluding hydrogens is 324 g/mol. The summed E-state index contributed by atoms with van der Waals surface area (Å²) < 4.78 is 1.82. The van der Waals surface area contributed by atoms with Crippen LogP contribution < -0.4 is 0 Å². The van der Waals surface area contributed by atoms with Gasteiger partial charge in [-0.1, -0.05) is 30.3 Å². The lowest BCUT2D eigenvalue weighted by atomic mass is 10.0.